The van der Waals surface area contributed by atoms with E-state index in [1.807, 2.05) is 36.4 Å². The van der Waals surface area contributed by atoms with E-state index in [0.29, 0.717) is 0 Å². The summed E-state index contributed by atoms with van der Waals surface area (Å²) in [6, 6.07) is 18.3. The van der Waals surface area contributed by atoms with Crippen LogP contribution in [0.25, 0.3) is 0 Å². The highest BCUT2D eigenvalue weighted by Gasteiger charge is 2.29. The van der Waals surface area contributed by atoms with E-state index in [0.717, 1.165) is 11.1 Å². The highest BCUT2D eigenvalue weighted by molar-refractivity contribution is 5.14. The van der Waals surface area contributed by atoms with E-state index in [-0.39, 0.29) is 19.8 Å². The zero-order valence-electron chi connectivity index (χ0n) is 12.6. The predicted molar refractivity (Wildman–Crippen MR) is 83.1 cm³/mol. The van der Waals surface area contributed by atoms with Crippen LogP contribution in [0, 0.1) is 0 Å². The second-order valence-corrected chi connectivity index (χ2v) is 5.16. The molecule has 2 aromatic carbocycles. The first-order chi connectivity index (χ1) is 11.2. The molecule has 0 aliphatic carbocycles. The number of aliphatic hydroxyl groups excluding tert-OH is 1. The average Bonchev–Trinajstić information content (AvgIpc) is 2.56. The van der Waals surface area contributed by atoms with E-state index in [9.17, 15) is 13.9 Å². The van der Waals surface area contributed by atoms with Crippen molar-refractivity contribution in [1.82, 2.24) is 0 Å². The normalized spacial score (nSPS) is 13.9. The molecule has 23 heavy (non-hydrogen) atoms. The maximum absolute atomic E-state index is 13.1. The second-order valence-electron chi connectivity index (χ2n) is 5.16. The molecule has 0 amide bonds. The molecule has 0 saturated heterocycles. The first-order valence-electron chi connectivity index (χ1n) is 7.40. The highest BCUT2D eigenvalue weighted by atomic mass is 19.3. The maximum atomic E-state index is 13.1. The van der Waals surface area contributed by atoms with Crippen molar-refractivity contribution in [3.8, 4) is 0 Å². The summed E-state index contributed by atoms with van der Waals surface area (Å²) in [7, 11) is 0. The molecule has 0 heterocycles. The zero-order valence-corrected chi connectivity index (χ0v) is 12.6. The third-order valence-electron chi connectivity index (χ3n) is 3.31. The van der Waals surface area contributed by atoms with Crippen LogP contribution in [0.5, 0.6) is 0 Å². The van der Waals surface area contributed by atoms with Crippen LogP contribution in [-0.2, 0) is 22.7 Å². The summed E-state index contributed by atoms with van der Waals surface area (Å²) in [5, 5.41) is 9.91. The van der Waals surface area contributed by atoms with Crippen LogP contribution in [0.3, 0.4) is 0 Å². The monoisotopic (exact) mass is 322 g/mol. The van der Waals surface area contributed by atoms with Gasteiger partial charge in [-0.25, -0.2) is 8.78 Å². The number of alkyl halides is 2. The molecule has 2 atom stereocenters. The van der Waals surface area contributed by atoms with Crippen molar-refractivity contribution in [1.29, 1.82) is 0 Å². The van der Waals surface area contributed by atoms with Gasteiger partial charge in [-0.05, 0) is 11.1 Å². The number of ether oxygens (including phenoxy) is 2. The molecule has 0 radical (unpaired) electrons. The van der Waals surface area contributed by atoms with Gasteiger partial charge < -0.3 is 14.6 Å². The van der Waals surface area contributed by atoms with E-state index in [1.54, 1.807) is 24.3 Å². The summed E-state index contributed by atoms with van der Waals surface area (Å²) < 4.78 is 36.6. The Balaban J connectivity index is 1.79. The minimum Gasteiger partial charge on any atom is -0.388 e. The van der Waals surface area contributed by atoms with Crippen molar-refractivity contribution in [3.05, 3.63) is 71.8 Å². The molecule has 0 spiro atoms. The van der Waals surface area contributed by atoms with Gasteiger partial charge in [0.05, 0.1) is 19.8 Å². The molecule has 1 N–H and O–H groups in total. The fourth-order valence-electron chi connectivity index (χ4n) is 2.09. The van der Waals surface area contributed by atoms with Gasteiger partial charge in [0.15, 0.2) is 0 Å². The fourth-order valence-corrected chi connectivity index (χ4v) is 2.09. The molecule has 3 nitrogen and oxygen atoms in total. The van der Waals surface area contributed by atoms with Gasteiger partial charge in [-0.1, -0.05) is 60.7 Å². The molecule has 0 fully saturated rings. The smallest absolute Gasteiger partial charge is 0.267 e. The Morgan fingerprint density at radius 1 is 0.826 bits per heavy atom. The van der Waals surface area contributed by atoms with E-state index >= 15 is 0 Å². The minimum atomic E-state index is -2.78. The van der Waals surface area contributed by atoms with Gasteiger partial charge in [0, 0.05) is 0 Å². The number of benzene rings is 2. The second kappa shape index (κ2) is 9.35. The Morgan fingerprint density at radius 3 is 1.87 bits per heavy atom. The molecule has 5 heteroatoms. The van der Waals surface area contributed by atoms with Crippen molar-refractivity contribution >= 4 is 0 Å². The predicted octanol–water partition coefficient (Wildman–Crippen LogP) is 3.41. The van der Waals surface area contributed by atoms with Gasteiger partial charge in [0.2, 0.25) is 0 Å². The van der Waals surface area contributed by atoms with Crippen LogP contribution < -0.4 is 0 Å². The Morgan fingerprint density at radius 2 is 1.35 bits per heavy atom. The minimum absolute atomic E-state index is 0.0194. The third kappa shape index (κ3) is 6.06. The summed E-state index contributed by atoms with van der Waals surface area (Å²) in [5.41, 5.74) is 1.69. The van der Waals surface area contributed by atoms with Gasteiger partial charge in [-0.2, -0.15) is 0 Å². The van der Waals surface area contributed by atoms with E-state index in [1.165, 1.54) is 0 Å². The van der Waals surface area contributed by atoms with E-state index in [2.05, 4.69) is 0 Å². The number of rotatable bonds is 9. The lowest BCUT2D eigenvalue weighted by molar-refractivity contribution is -0.138. The van der Waals surface area contributed by atoms with Crippen LogP contribution in [0.1, 0.15) is 11.1 Å². The molecule has 2 unspecified atom stereocenters. The van der Waals surface area contributed by atoms with Gasteiger partial charge in [-0.3, -0.25) is 0 Å². The Kier molecular flexibility index (Phi) is 7.13. The maximum Gasteiger partial charge on any atom is 0.267 e. The zero-order chi connectivity index (χ0) is 16.5. The summed E-state index contributed by atoms with van der Waals surface area (Å²) in [5.74, 6) is 0. The number of halogens is 2. The molecular formula is C18H20F2O3. The Bertz CT molecular complexity index is 549. The molecule has 0 aromatic heterocycles. The van der Waals surface area contributed by atoms with Crippen LogP contribution in [0.4, 0.5) is 8.78 Å². The van der Waals surface area contributed by atoms with Crippen molar-refractivity contribution in [2.45, 2.75) is 31.8 Å². The molecule has 124 valence electrons. The SMILES string of the molecule is OC(COCc1ccccc1)C(OCc1ccccc1)C(F)F. The lowest BCUT2D eigenvalue weighted by atomic mass is 10.2. The Hall–Kier alpha value is -1.82. The standard InChI is InChI=1S/C18H20F2O3/c19-18(20)17(23-12-15-9-5-2-6-10-15)16(21)13-22-11-14-7-3-1-4-8-14/h1-10,16-18,21H,11-13H2. The van der Waals surface area contributed by atoms with Gasteiger partial charge >= 0.3 is 0 Å². The van der Waals surface area contributed by atoms with Gasteiger partial charge in [0.25, 0.3) is 6.43 Å². The largest absolute Gasteiger partial charge is 0.388 e. The molecule has 0 aliphatic heterocycles. The molecule has 2 aromatic rings. The fraction of sp³-hybridized carbons (Fsp3) is 0.333. The quantitative estimate of drug-likeness (QED) is 0.769. The summed E-state index contributed by atoms with van der Waals surface area (Å²) in [6.07, 6.45) is -5.75. The van der Waals surface area contributed by atoms with E-state index < -0.39 is 18.6 Å². The van der Waals surface area contributed by atoms with Crippen molar-refractivity contribution < 1.29 is 23.4 Å². The van der Waals surface area contributed by atoms with Crippen molar-refractivity contribution in [2.75, 3.05) is 6.61 Å². The number of aliphatic hydroxyl groups is 1. The van der Waals surface area contributed by atoms with Crippen LogP contribution in [-0.4, -0.2) is 30.3 Å². The molecule has 0 saturated carbocycles. The molecule has 0 bridgehead atoms. The first-order valence-corrected chi connectivity index (χ1v) is 7.40. The summed E-state index contributed by atoms with van der Waals surface area (Å²) >= 11 is 0. The van der Waals surface area contributed by atoms with Crippen LogP contribution in [0.15, 0.2) is 60.7 Å². The van der Waals surface area contributed by atoms with Crippen molar-refractivity contribution in [2.24, 2.45) is 0 Å². The van der Waals surface area contributed by atoms with Crippen LogP contribution in [0.2, 0.25) is 0 Å². The molecular weight excluding hydrogens is 302 g/mol. The Labute approximate surface area is 134 Å². The number of hydrogen-bond acceptors (Lipinski definition) is 3. The van der Waals surface area contributed by atoms with Gasteiger partial charge in [0.1, 0.15) is 12.2 Å². The highest BCUT2D eigenvalue weighted by Crippen LogP contribution is 2.14. The summed E-state index contributed by atoms with van der Waals surface area (Å²) in [4.78, 5) is 0. The lowest BCUT2D eigenvalue weighted by Crippen LogP contribution is -2.38. The number of hydrogen-bond donors (Lipinski definition) is 1. The van der Waals surface area contributed by atoms with Crippen LogP contribution >= 0.6 is 0 Å². The van der Waals surface area contributed by atoms with Crippen molar-refractivity contribution in [3.63, 3.8) is 0 Å². The van der Waals surface area contributed by atoms with Gasteiger partial charge in [-0.15, -0.1) is 0 Å². The first kappa shape index (κ1) is 17.5. The third-order valence-corrected chi connectivity index (χ3v) is 3.31. The van der Waals surface area contributed by atoms with E-state index in [4.69, 9.17) is 9.47 Å². The molecule has 2 rings (SSSR count). The lowest BCUT2D eigenvalue weighted by Gasteiger charge is -2.22. The molecule has 0 aliphatic rings. The average molecular weight is 322 g/mol. The topological polar surface area (TPSA) is 38.7 Å². The summed E-state index contributed by atoms with van der Waals surface area (Å²) in [6.45, 7) is 0.0663.